The summed E-state index contributed by atoms with van der Waals surface area (Å²) >= 11 is 8.17. The van der Waals surface area contributed by atoms with E-state index in [4.69, 9.17) is 11.6 Å². The molecule has 0 aliphatic heterocycles. The van der Waals surface area contributed by atoms with E-state index in [0.717, 1.165) is 6.08 Å². The first-order valence-electron chi connectivity index (χ1n) is 3.42. The fourth-order valence-corrected chi connectivity index (χ4v) is 1.19. The van der Waals surface area contributed by atoms with Gasteiger partial charge in [-0.2, -0.15) is 0 Å². The predicted molar refractivity (Wildman–Crippen MR) is 54.0 cm³/mol. The van der Waals surface area contributed by atoms with Crippen LogP contribution < -0.4 is 0 Å². The van der Waals surface area contributed by atoms with Crippen molar-refractivity contribution in [3.63, 3.8) is 0 Å². The van der Waals surface area contributed by atoms with Crippen molar-refractivity contribution >= 4 is 38.8 Å². The van der Waals surface area contributed by atoms with E-state index < -0.39 is 11.1 Å². The first-order chi connectivity index (χ1) is 6.09. The van der Waals surface area contributed by atoms with Gasteiger partial charge in [0.05, 0.1) is 0 Å². The van der Waals surface area contributed by atoms with E-state index >= 15 is 0 Å². The third-order valence-electron chi connectivity index (χ3n) is 1.36. The van der Waals surface area contributed by atoms with Gasteiger partial charge in [0.2, 0.25) is 5.24 Å². The Morgan fingerprint density at radius 2 is 2.23 bits per heavy atom. The van der Waals surface area contributed by atoms with Gasteiger partial charge in [-0.25, -0.2) is 4.39 Å². The van der Waals surface area contributed by atoms with Gasteiger partial charge in [0, 0.05) is 10.0 Å². The molecule has 1 aromatic rings. The monoisotopic (exact) mass is 262 g/mol. The van der Waals surface area contributed by atoms with E-state index in [1.807, 2.05) is 0 Å². The van der Waals surface area contributed by atoms with Crippen LogP contribution in [0.1, 0.15) is 5.56 Å². The highest BCUT2D eigenvalue weighted by molar-refractivity contribution is 9.10. The molecule has 0 heterocycles. The molecule has 13 heavy (non-hydrogen) atoms. The van der Waals surface area contributed by atoms with Crippen LogP contribution in [0.5, 0.6) is 0 Å². The van der Waals surface area contributed by atoms with Crippen LogP contribution in [0.25, 0.3) is 6.08 Å². The molecule has 0 fully saturated rings. The van der Waals surface area contributed by atoms with Crippen LogP contribution >= 0.6 is 27.5 Å². The molecular weight excluding hydrogens is 258 g/mol. The Kier molecular flexibility index (Phi) is 3.63. The Bertz CT molecular complexity index is 363. The molecule has 0 bridgehead atoms. The standard InChI is InChI=1S/C9H5BrClFO/c10-7-3-1-6(8(12)5-7)2-4-9(11)13/h1-5H. The topological polar surface area (TPSA) is 17.1 Å². The number of carbonyl (C=O) groups excluding carboxylic acids is 1. The number of benzene rings is 1. The molecule has 0 amide bonds. The lowest BCUT2D eigenvalue weighted by atomic mass is 10.2. The van der Waals surface area contributed by atoms with Gasteiger partial charge in [-0.3, -0.25) is 4.79 Å². The summed E-state index contributed by atoms with van der Waals surface area (Å²) in [6, 6.07) is 4.55. The lowest BCUT2D eigenvalue weighted by Gasteiger charge is -1.96. The highest BCUT2D eigenvalue weighted by atomic mass is 79.9. The van der Waals surface area contributed by atoms with Gasteiger partial charge >= 0.3 is 0 Å². The second-order valence-electron chi connectivity index (χ2n) is 2.30. The van der Waals surface area contributed by atoms with E-state index in [9.17, 15) is 9.18 Å². The maximum absolute atomic E-state index is 13.1. The van der Waals surface area contributed by atoms with E-state index in [0.29, 0.717) is 10.0 Å². The number of carbonyl (C=O) groups is 1. The Morgan fingerprint density at radius 1 is 1.54 bits per heavy atom. The number of hydrogen-bond donors (Lipinski definition) is 0. The molecule has 0 saturated carbocycles. The molecule has 0 unspecified atom stereocenters. The quantitative estimate of drug-likeness (QED) is 0.590. The molecule has 0 aliphatic carbocycles. The molecule has 0 aromatic heterocycles. The zero-order chi connectivity index (χ0) is 9.84. The van der Waals surface area contributed by atoms with Crippen LogP contribution in [-0.4, -0.2) is 5.24 Å². The zero-order valence-corrected chi connectivity index (χ0v) is 8.77. The fraction of sp³-hybridized carbons (Fsp3) is 0. The average molecular weight is 263 g/mol. The molecule has 0 N–H and O–H groups in total. The van der Waals surface area contributed by atoms with E-state index in [-0.39, 0.29) is 0 Å². The Morgan fingerprint density at radius 3 is 2.77 bits per heavy atom. The Balaban J connectivity index is 2.96. The van der Waals surface area contributed by atoms with Crippen molar-refractivity contribution < 1.29 is 9.18 Å². The normalized spacial score (nSPS) is 10.7. The molecule has 0 radical (unpaired) electrons. The first kappa shape index (κ1) is 10.4. The number of allylic oxidation sites excluding steroid dienone is 1. The van der Waals surface area contributed by atoms with Gasteiger partial charge in [-0.15, -0.1) is 0 Å². The average Bonchev–Trinajstić information content (AvgIpc) is 2.02. The van der Waals surface area contributed by atoms with Crippen LogP contribution in [0.15, 0.2) is 28.7 Å². The molecule has 1 aromatic carbocycles. The van der Waals surface area contributed by atoms with Crippen LogP contribution in [0.2, 0.25) is 0 Å². The van der Waals surface area contributed by atoms with Gasteiger partial charge in [-0.1, -0.05) is 22.0 Å². The summed E-state index contributed by atoms with van der Waals surface area (Å²) in [4.78, 5) is 10.3. The van der Waals surface area contributed by atoms with Crippen molar-refractivity contribution in [3.8, 4) is 0 Å². The highest BCUT2D eigenvalue weighted by Gasteiger charge is 1.98. The first-order valence-corrected chi connectivity index (χ1v) is 4.59. The minimum Gasteiger partial charge on any atom is -0.276 e. The van der Waals surface area contributed by atoms with Gasteiger partial charge in [0.15, 0.2) is 0 Å². The Hall–Kier alpha value is -0.670. The molecule has 0 atom stereocenters. The summed E-state index contributed by atoms with van der Waals surface area (Å²) in [5.41, 5.74) is 0.331. The van der Waals surface area contributed by atoms with Gasteiger partial charge in [-0.05, 0) is 35.9 Å². The molecule has 0 spiro atoms. The minimum atomic E-state index is -0.623. The van der Waals surface area contributed by atoms with Gasteiger partial charge in [0.25, 0.3) is 0 Å². The molecule has 1 nitrogen and oxygen atoms in total. The predicted octanol–water partition coefficient (Wildman–Crippen LogP) is 3.37. The second-order valence-corrected chi connectivity index (χ2v) is 3.59. The molecule has 1 rings (SSSR count). The van der Waals surface area contributed by atoms with Crippen molar-refractivity contribution in [2.45, 2.75) is 0 Å². The van der Waals surface area contributed by atoms with Crippen LogP contribution in [0.3, 0.4) is 0 Å². The van der Waals surface area contributed by atoms with Crippen LogP contribution in [0.4, 0.5) is 4.39 Å². The second kappa shape index (κ2) is 4.53. The van der Waals surface area contributed by atoms with E-state index in [2.05, 4.69) is 15.9 Å². The summed E-state index contributed by atoms with van der Waals surface area (Å²) in [6.45, 7) is 0. The number of halogens is 3. The lowest BCUT2D eigenvalue weighted by Crippen LogP contribution is -1.82. The summed E-state index contributed by atoms with van der Waals surface area (Å²) in [7, 11) is 0. The summed E-state index contributed by atoms with van der Waals surface area (Å²) in [6.07, 6.45) is 2.44. The molecule has 0 aliphatic rings. The van der Waals surface area contributed by atoms with Crippen LogP contribution in [0, 0.1) is 5.82 Å². The maximum atomic E-state index is 13.1. The van der Waals surface area contributed by atoms with Crippen LogP contribution in [-0.2, 0) is 4.79 Å². The zero-order valence-electron chi connectivity index (χ0n) is 6.43. The lowest BCUT2D eigenvalue weighted by molar-refractivity contribution is -0.107. The molecule has 68 valence electrons. The van der Waals surface area contributed by atoms with Crippen molar-refractivity contribution in [3.05, 3.63) is 40.1 Å². The summed E-state index contributed by atoms with van der Waals surface area (Å²) in [5, 5.41) is -0.623. The smallest absolute Gasteiger partial charge is 0.245 e. The van der Waals surface area contributed by atoms with Crippen molar-refractivity contribution in [1.29, 1.82) is 0 Å². The maximum Gasteiger partial charge on any atom is 0.245 e. The van der Waals surface area contributed by atoms with Crippen molar-refractivity contribution in [2.75, 3.05) is 0 Å². The minimum absolute atomic E-state index is 0.331. The summed E-state index contributed by atoms with van der Waals surface area (Å²) < 4.78 is 13.7. The fourth-order valence-electron chi connectivity index (χ4n) is 0.792. The number of rotatable bonds is 2. The van der Waals surface area contributed by atoms with E-state index in [1.165, 1.54) is 12.1 Å². The molecule has 4 heteroatoms. The van der Waals surface area contributed by atoms with Gasteiger partial charge < -0.3 is 0 Å². The van der Waals surface area contributed by atoms with Gasteiger partial charge in [0.1, 0.15) is 5.82 Å². The van der Waals surface area contributed by atoms with Crippen molar-refractivity contribution in [2.24, 2.45) is 0 Å². The Labute approximate surface area is 88.3 Å². The summed E-state index contributed by atoms with van der Waals surface area (Å²) in [5.74, 6) is -0.399. The molecule has 0 saturated heterocycles. The third kappa shape index (κ3) is 3.28. The van der Waals surface area contributed by atoms with Crippen molar-refractivity contribution in [1.82, 2.24) is 0 Å². The highest BCUT2D eigenvalue weighted by Crippen LogP contribution is 2.16. The number of hydrogen-bond acceptors (Lipinski definition) is 1. The van der Waals surface area contributed by atoms with E-state index in [1.54, 1.807) is 12.1 Å². The SMILES string of the molecule is O=C(Cl)C=Cc1ccc(Br)cc1F. The third-order valence-corrected chi connectivity index (χ3v) is 1.98. The molecular formula is C9H5BrClFO. The largest absolute Gasteiger partial charge is 0.276 e.